The van der Waals surface area contributed by atoms with E-state index in [-0.39, 0.29) is 32.0 Å². The molecular formula is C90H155NO8P+. The quantitative estimate of drug-likeness (QED) is 0.0211. The zero-order valence-corrected chi connectivity index (χ0v) is 66.3. The maximum atomic E-state index is 12.9. The molecule has 0 rings (SSSR count). The number of carbonyl (C=O) groups is 2. The van der Waals surface area contributed by atoms with E-state index in [1.165, 1.54) is 186 Å². The van der Waals surface area contributed by atoms with Crippen molar-refractivity contribution in [3.63, 3.8) is 0 Å². The van der Waals surface area contributed by atoms with E-state index in [4.69, 9.17) is 18.5 Å². The zero-order chi connectivity index (χ0) is 72.5. The van der Waals surface area contributed by atoms with E-state index in [9.17, 15) is 19.0 Å². The predicted molar refractivity (Wildman–Crippen MR) is 436 cm³/mol. The first kappa shape index (κ1) is 95.6. The number of allylic oxidation sites excluding steroid dienone is 26. The summed E-state index contributed by atoms with van der Waals surface area (Å²) in [5, 5.41) is 0. The number of phosphoric acid groups is 1. The van der Waals surface area contributed by atoms with Gasteiger partial charge >= 0.3 is 19.8 Å². The summed E-state index contributed by atoms with van der Waals surface area (Å²) in [6.07, 6.45) is 118. The number of unbranched alkanes of at least 4 members (excludes halogenated alkanes) is 35. The highest BCUT2D eigenvalue weighted by atomic mass is 31.2. The summed E-state index contributed by atoms with van der Waals surface area (Å²) < 4.78 is 34.8. The van der Waals surface area contributed by atoms with Gasteiger partial charge in [0.1, 0.15) is 19.8 Å². The Morgan fingerprint density at radius 2 is 0.540 bits per heavy atom. The first-order valence-electron chi connectivity index (χ1n) is 41.2. The highest BCUT2D eigenvalue weighted by molar-refractivity contribution is 7.47. The Bertz CT molecular complexity index is 2250. The normalized spacial score (nSPS) is 13.9. The minimum atomic E-state index is -4.41. The number of ether oxygens (including phenoxy) is 2. The standard InChI is InChI=1S/C90H154NO8P/c1-6-8-10-12-14-16-18-20-22-24-26-28-30-32-34-36-38-40-42-43-44-45-46-47-49-50-52-54-56-58-60-62-64-66-68-70-72-74-76-78-80-82-89(92)96-86-88(87-98-100(94,95)97-85-84-91(3,4)5)99-90(93)83-81-79-77-75-73-71-69-67-65-63-61-59-57-55-53-51-48-41-39-37-35-33-31-29-27-25-23-21-19-17-15-13-11-9-7-2/h8-11,14-17,20-23,26-29,33,35,39,41,51,53,57,59,63,65,88H,6-7,12-13,18-19,24-25,30-32,34,36-38,40,42-50,52,54-56,58,60-62,64,66-87H2,1-5H3/p+1/b10-8-,11-9-,16-14-,17-15-,22-20-,23-21-,28-26-,29-27-,35-33-,41-39-,53-51-,59-57-,65-63-. The monoisotopic (exact) mass is 1410 g/mol. The van der Waals surface area contributed by atoms with Crippen LogP contribution in [0.4, 0.5) is 0 Å². The molecule has 9 nitrogen and oxygen atoms in total. The Balaban J connectivity index is 3.98. The Morgan fingerprint density at radius 1 is 0.310 bits per heavy atom. The van der Waals surface area contributed by atoms with Gasteiger partial charge in [-0.3, -0.25) is 18.6 Å². The lowest BCUT2D eigenvalue weighted by Crippen LogP contribution is -2.37. The van der Waals surface area contributed by atoms with Crippen LogP contribution >= 0.6 is 7.82 Å². The fourth-order valence-electron chi connectivity index (χ4n) is 11.4. The van der Waals surface area contributed by atoms with Crippen molar-refractivity contribution >= 4 is 19.8 Å². The molecule has 0 saturated carbocycles. The first-order chi connectivity index (χ1) is 49.0. The highest BCUT2D eigenvalue weighted by Gasteiger charge is 2.27. The molecule has 0 aromatic heterocycles. The third-order valence-electron chi connectivity index (χ3n) is 17.6. The van der Waals surface area contributed by atoms with Crippen molar-refractivity contribution in [1.29, 1.82) is 0 Å². The lowest BCUT2D eigenvalue weighted by Gasteiger charge is -2.24. The Morgan fingerprint density at radius 3 is 0.800 bits per heavy atom. The molecule has 0 spiro atoms. The number of phosphoric ester groups is 1. The minimum Gasteiger partial charge on any atom is -0.462 e. The van der Waals surface area contributed by atoms with Crippen LogP contribution < -0.4 is 0 Å². The predicted octanol–water partition coefficient (Wildman–Crippen LogP) is 27.8. The van der Waals surface area contributed by atoms with Gasteiger partial charge in [0.15, 0.2) is 6.10 Å². The van der Waals surface area contributed by atoms with Gasteiger partial charge in [-0.2, -0.15) is 0 Å². The number of rotatable bonds is 75. The molecular weight excluding hydrogens is 1250 g/mol. The molecule has 1 N–H and O–H groups in total. The van der Waals surface area contributed by atoms with Crippen LogP contribution in [-0.4, -0.2) is 74.9 Å². The smallest absolute Gasteiger partial charge is 0.462 e. The van der Waals surface area contributed by atoms with Crippen molar-refractivity contribution in [3.05, 3.63) is 158 Å². The summed E-state index contributed by atoms with van der Waals surface area (Å²) in [7, 11) is 1.46. The molecule has 0 aliphatic carbocycles. The van der Waals surface area contributed by atoms with E-state index in [0.717, 1.165) is 128 Å². The van der Waals surface area contributed by atoms with E-state index >= 15 is 0 Å². The highest BCUT2D eigenvalue weighted by Crippen LogP contribution is 2.43. The SMILES string of the molecule is CC/C=C\C/C=C\C/C=C\C/C=C\C/C=C\C/C=C\C/C=C\C/C=C\C/C=C\CCCCCCCCCC(=O)OC(COC(=O)CCCCCCCCCCCCCCCCCCCCCCCCCCCCCC/C=C\C/C=C\C/C=C\C/C=C\CC)COP(=O)(O)OCC[N+](C)(C)C. The van der Waals surface area contributed by atoms with Crippen LogP contribution in [0, 0.1) is 0 Å². The molecule has 572 valence electrons. The summed E-state index contributed by atoms with van der Waals surface area (Å²) in [4.78, 5) is 36.0. The number of esters is 2. The molecule has 0 radical (unpaired) electrons. The van der Waals surface area contributed by atoms with E-state index < -0.39 is 26.5 Å². The molecule has 0 saturated heterocycles. The van der Waals surface area contributed by atoms with Gasteiger partial charge in [0.05, 0.1) is 27.7 Å². The average Bonchev–Trinajstić information content (AvgIpc) is 1.65. The van der Waals surface area contributed by atoms with Crippen molar-refractivity contribution in [2.24, 2.45) is 0 Å². The van der Waals surface area contributed by atoms with Crippen molar-refractivity contribution in [2.45, 2.75) is 354 Å². The number of hydrogen-bond acceptors (Lipinski definition) is 7. The van der Waals surface area contributed by atoms with E-state index in [2.05, 4.69) is 172 Å². The van der Waals surface area contributed by atoms with Crippen molar-refractivity contribution in [2.75, 3.05) is 47.5 Å². The maximum Gasteiger partial charge on any atom is 0.472 e. The number of quaternary nitrogens is 1. The fourth-order valence-corrected chi connectivity index (χ4v) is 12.1. The Hall–Kier alpha value is -4.37. The number of likely N-dealkylation sites (N-methyl/N-ethyl adjacent to an activating group) is 1. The van der Waals surface area contributed by atoms with E-state index in [1.54, 1.807) is 0 Å². The van der Waals surface area contributed by atoms with Crippen LogP contribution in [0.3, 0.4) is 0 Å². The summed E-state index contributed by atoms with van der Waals surface area (Å²) in [6, 6.07) is 0. The van der Waals surface area contributed by atoms with Gasteiger partial charge in [-0.05, 0) is 122 Å². The number of hydrogen-bond donors (Lipinski definition) is 1. The zero-order valence-electron chi connectivity index (χ0n) is 65.4. The largest absolute Gasteiger partial charge is 0.472 e. The summed E-state index contributed by atoms with van der Waals surface area (Å²) >= 11 is 0. The molecule has 0 heterocycles. The molecule has 10 heteroatoms. The second-order valence-electron chi connectivity index (χ2n) is 28.4. The first-order valence-corrected chi connectivity index (χ1v) is 42.7. The summed E-state index contributed by atoms with van der Waals surface area (Å²) in [5.41, 5.74) is 0. The number of carbonyl (C=O) groups excluding carboxylic acids is 2. The summed E-state index contributed by atoms with van der Waals surface area (Å²) in [5.74, 6) is -0.805. The van der Waals surface area contributed by atoms with Crippen molar-refractivity contribution in [3.8, 4) is 0 Å². The van der Waals surface area contributed by atoms with Gasteiger partial charge in [0.2, 0.25) is 0 Å². The van der Waals surface area contributed by atoms with Crippen LogP contribution in [0.15, 0.2) is 158 Å². The second kappa shape index (κ2) is 78.8. The molecule has 0 amide bonds. The molecule has 0 aliphatic heterocycles. The van der Waals surface area contributed by atoms with Gasteiger partial charge in [-0.1, -0.05) is 371 Å². The molecule has 100 heavy (non-hydrogen) atoms. The van der Waals surface area contributed by atoms with E-state index in [0.29, 0.717) is 17.4 Å². The second-order valence-corrected chi connectivity index (χ2v) is 29.8. The molecule has 0 fully saturated rings. The van der Waals surface area contributed by atoms with Crippen LogP contribution in [0.25, 0.3) is 0 Å². The lowest BCUT2D eigenvalue weighted by atomic mass is 10.0. The maximum absolute atomic E-state index is 12.9. The third kappa shape index (κ3) is 82.6. The Kier molecular flexibility index (Phi) is 75.3. The van der Waals surface area contributed by atoms with Crippen molar-refractivity contribution < 1.29 is 42.1 Å². The van der Waals surface area contributed by atoms with Gasteiger partial charge in [-0.15, -0.1) is 0 Å². The van der Waals surface area contributed by atoms with Crippen molar-refractivity contribution in [1.82, 2.24) is 0 Å². The van der Waals surface area contributed by atoms with Gasteiger partial charge in [0, 0.05) is 12.8 Å². The van der Waals surface area contributed by atoms with E-state index in [1.807, 2.05) is 21.1 Å². The molecule has 0 bridgehead atoms. The molecule has 2 unspecified atom stereocenters. The van der Waals surface area contributed by atoms with Crippen LogP contribution in [-0.2, 0) is 32.7 Å². The molecule has 2 atom stereocenters. The molecule has 0 aromatic rings. The number of nitrogens with zero attached hydrogens (tertiary/aromatic N) is 1. The fraction of sp³-hybridized carbons (Fsp3) is 0.689. The van der Waals surface area contributed by atoms with Crippen LogP contribution in [0.5, 0.6) is 0 Å². The van der Waals surface area contributed by atoms with Gasteiger partial charge < -0.3 is 18.9 Å². The van der Waals surface area contributed by atoms with Crippen LogP contribution in [0.2, 0.25) is 0 Å². The van der Waals surface area contributed by atoms with Crippen LogP contribution in [0.1, 0.15) is 348 Å². The average molecular weight is 1410 g/mol. The Labute approximate surface area is 617 Å². The molecule has 0 aliphatic rings. The molecule has 0 aromatic carbocycles. The van der Waals surface area contributed by atoms with Gasteiger partial charge in [0.25, 0.3) is 0 Å². The minimum absolute atomic E-state index is 0.0240. The third-order valence-corrected chi connectivity index (χ3v) is 18.5. The lowest BCUT2D eigenvalue weighted by molar-refractivity contribution is -0.870. The summed E-state index contributed by atoms with van der Waals surface area (Å²) in [6.45, 7) is 4.22. The topological polar surface area (TPSA) is 108 Å². The van der Waals surface area contributed by atoms with Gasteiger partial charge in [-0.25, -0.2) is 4.57 Å².